The molecule has 0 aromatic heterocycles. The third kappa shape index (κ3) is 3.11. The normalized spacial score (nSPS) is 12.4. The average Bonchev–Trinajstić information content (AvgIpc) is 2.40. The quantitative estimate of drug-likeness (QED) is 0.901. The van der Waals surface area contributed by atoms with Crippen molar-refractivity contribution in [2.75, 3.05) is 6.61 Å². The molecule has 4 heteroatoms. The van der Waals surface area contributed by atoms with Crippen LogP contribution in [0, 0.1) is 11.6 Å². The fraction of sp³-hybridized carbons (Fsp3) is 0.200. The summed E-state index contributed by atoms with van der Waals surface area (Å²) >= 11 is 5.94. The fourth-order valence-corrected chi connectivity index (χ4v) is 2.29. The Balaban J connectivity index is 2.32. The molecule has 1 nitrogen and oxygen atoms in total. The highest BCUT2D eigenvalue weighted by Gasteiger charge is 2.18. The van der Waals surface area contributed by atoms with Gasteiger partial charge in [0.1, 0.15) is 11.6 Å². The van der Waals surface area contributed by atoms with Crippen molar-refractivity contribution in [1.82, 2.24) is 0 Å². The first-order valence-electron chi connectivity index (χ1n) is 5.91. The van der Waals surface area contributed by atoms with Crippen LogP contribution < -0.4 is 0 Å². The zero-order valence-electron chi connectivity index (χ0n) is 10.1. The molecule has 100 valence electrons. The SMILES string of the molecule is OCC(Cc1c(F)cccc1Cl)c1ccccc1F. The van der Waals surface area contributed by atoms with Crippen molar-refractivity contribution in [3.63, 3.8) is 0 Å². The standard InChI is InChI=1S/C15H13ClF2O/c16-13-5-3-7-15(18)12(13)8-10(9-19)11-4-1-2-6-14(11)17/h1-7,10,19H,8-9H2. The fourth-order valence-electron chi connectivity index (χ4n) is 2.05. The molecule has 0 aliphatic heterocycles. The van der Waals surface area contributed by atoms with Gasteiger partial charge in [-0.05, 0) is 30.2 Å². The van der Waals surface area contributed by atoms with Crippen LogP contribution in [-0.4, -0.2) is 11.7 Å². The topological polar surface area (TPSA) is 20.2 Å². The van der Waals surface area contributed by atoms with Crippen LogP contribution in [0.2, 0.25) is 5.02 Å². The highest BCUT2D eigenvalue weighted by atomic mass is 35.5. The summed E-state index contributed by atoms with van der Waals surface area (Å²) in [4.78, 5) is 0. The van der Waals surface area contributed by atoms with Gasteiger partial charge in [0.15, 0.2) is 0 Å². The number of aliphatic hydroxyl groups is 1. The third-order valence-electron chi connectivity index (χ3n) is 3.08. The Morgan fingerprint density at radius 2 is 1.68 bits per heavy atom. The van der Waals surface area contributed by atoms with Crippen LogP contribution in [0.15, 0.2) is 42.5 Å². The predicted molar refractivity (Wildman–Crippen MR) is 71.3 cm³/mol. The molecule has 0 aliphatic rings. The van der Waals surface area contributed by atoms with E-state index < -0.39 is 17.6 Å². The lowest BCUT2D eigenvalue weighted by Gasteiger charge is -2.16. The molecule has 0 radical (unpaired) electrons. The number of benzene rings is 2. The van der Waals surface area contributed by atoms with E-state index in [9.17, 15) is 13.9 Å². The molecule has 0 saturated heterocycles. The molecule has 0 heterocycles. The van der Waals surface area contributed by atoms with Crippen molar-refractivity contribution in [1.29, 1.82) is 0 Å². The second kappa shape index (κ2) is 6.13. The van der Waals surface area contributed by atoms with Gasteiger partial charge in [0.2, 0.25) is 0 Å². The molecule has 2 rings (SSSR count). The van der Waals surface area contributed by atoms with Crippen molar-refractivity contribution in [2.24, 2.45) is 0 Å². The lowest BCUT2D eigenvalue weighted by molar-refractivity contribution is 0.261. The molecule has 0 amide bonds. The van der Waals surface area contributed by atoms with Gasteiger partial charge in [-0.15, -0.1) is 0 Å². The van der Waals surface area contributed by atoms with Crippen LogP contribution in [0.1, 0.15) is 17.0 Å². The molecule has 1 unspecified atom stereocenters. The van der Waals surface area contributed by atoms with Crippen LogP contribution >= 0.6 is 11.6 Å². The number of hydrogen-bond donors (Lipinski definition) is 1. The molecule has 19 heavy (non-hydrogen) atoms. The molecule has 1 N–H and O–H groups in total. The van der Waals surface area contributed by atoms with Crippen molar-refractivity contribution in [2.45, 2.75) is 12.3 Å². The van der Waals surface area contributed by atoms with Gasteiger partial charge in [-0.3, -0.25) is 0 Å². The first kappa shape index (κ1) is 14.0. The van der Waals surface area contributed by atoms with Crippen molar-refractivity contribution in [3.05, 3.63) is 70.2 Å². The van der Waals surface area contributed by atoms with E-state index in [1.165, 1.54) is 18.2 Å². The Morgan fingerprint density at radius 1 is 1.00 bits per heavy atom. The maximum atomic E-state index is 13.7. The highest BCUT2D eigenvalue weighted by Crippen LogP contribution is 2.28. The first-order valence-corrected chi connectivity index (χ1v) is 6.29. The minimum Gasteiger partial charge on any atom is -0.396 e. The van der Waals surface area contributed by atoms with Crippen molar-refractivity contribution < 1.29 is 13.9 Å². The summed E-state index contributed by atoms with van der Waals surface area (Å²) in [6.45, 7) is -0.272. The van der Waals surface area contributed by atoms with Crippen molar-refractivity contribution in [3.8, 4) is 0 Å². The summed E-state index contributed by atoms with van der Waals surface area (Å²) in [7, 11) is 0. The smallest absolute Gasteiger partial charge is 0.127 e. The molecule has 0 saturated carbocycles. The summed E-state index contributed by atoms with van der Waals surface area (Å²) in [5.74, 6) is -1.37. The monoisotopic (exact) mass is 282 g/mol. The van der Waals surface area contributed by atoms with E-state index in [0.29, 0.717) is 11.1 Å². The van der Waals surface area contributed by atoms with E-state index in [2.05, 4.69) is 0 Å². The van der Waals surface area contributed by atoms with Crippen LogP contribution in [-0.2, 0) is 6.42 Å². The molecule has 0 spiro atoms. The van der Waals surface area contributed by atoms with Gasteiger partial charge in [0.05, 0.1) is 6.61 Å². The van der Waals surface area contributed by atoms with Gasteiger partial charge in [0, 0.05) is 16.5 Å². The molecule has 1 atom stereocenters. The van der Waals surface area contributed by atoms with Crippen LogP contribution in [0.4, 0.5) is 8.78 Å². The average molecular weight is 283 g/mol. The third-order valence-corrected chi connectivity index (χ3v) is 3.43. The van der Waals surface area contributed by atoms with E-state index in [0.717, 1.165) is 0 Å². The molecule has 2 aromatic rings. The van der Waals surface area contributed by atoms with Gasteiger partial charge >= 0.3 is 0 Å². The Kier molecular flexibility index (Phi) is 4.51. The van der Waals surface area contributed by atoms with Crippen LogP contribution in [0.3, 0.4) is 0 Å². The Bertz CT molecular complexity index is 552. The lowest BCUT2D eigenvalue weighted by atomic mass is 9.92. The first-order chi connectivity index (χ1) is 9.13. The Labute approximate surface area is 115 Å². The van der Waals surface area contributed by atoms with Gasteiger partial charge in [-0.2, -0.15) is 0 Å². The van der Waals surface area contributed by atoms with Gasteiger partial charge in [0.25, 0.3) is 0 Å². The number of aliphatic hydroxyl groups excluding tert-OH is 1. The predicted octanol–water partition coefficient (Wildman–Crippen LogP) is 3.94. The van der Waals surface area contributed by atoms with Gasteiger partial charge in [-0.25, -0.2) is 8.78 Å². The summed E-state index contributed by atoms with van der Waals surface area (Å²) in [5, 5.41) is 9.70. The Morgan fingerprint density at radius 3 is 2.32 bits per heavy atom. The molecule has 0 aliphatic carbocycles. The summed E-state index contributed by atoms with van der Waals surface area (Å²) in [6, 6.07) is 10.6. The summed E-state index contributed by atoms with van der Waals surface area (Å²) in [6.07, 6.45) is 0.156. The zero-order valence-corrected chi connectivity index (χ0v) is 10.9. The second-order valence-corrected chi connectivity index (χ2v) is 4.71. The Hall–Kier alpha value is -1.45. The summed E-state index contributed by atoms with van der Waals surface area (Å²) in [5.41, 5.74) is 0.663. The molecular weight excluding hydrogens is 270 g/mol. The maximum absolute atomic E-state index is 13.7. The number of halogens is 3. The van der Waals surface area contributed by atoms with E-state index >= 15 is 0 Å². The lowest BCUT2D eigenvalue weighted by Crippen LogP contribution is -2.11. The van der Waals surface area contributed by atoms with E-state index in [-0.39, 0.29) is 18.1 Å². The highest BCUT2D eigenvalue weighted by molar-refractivity contribution is 6.31. The van der Waals surface area contributed by atoms with Crippen LogP contribution in [0.25, 0.3) is 0 Å². The minimum atomic E-state index is -0.518. The molecular formula is C15H13ClF2O. The molecule has 2 aromatic carbocycles. The maximum Gasteiger partial charge on any atom is 0.127 e. The van der Waals surface area contributed by atoms with Gasteiger partial charge in [-0.1, -0.05) is 35.9 Å². The van der Waals surface area contributed by atoms with E-state index in [1.54, 1.807) is 24.3 Å². The van der Waals surface area contributed by atoms with E-state index in [4.69, 9.17) is 11.6 Å². The molecule has 0 fully saturated rings. The largest absolute Gasteiger partial charge is 0.396 e. The minimum absolute atomic E-state index is 0.156. The van der Waals surface area contributed by atoms with Crippen molar-refractivity contribution >= 4 is 11.6 Å². The number of hydrogen-bond acceptors (Lipinski definition) is 1. The number of rotatable bonds is 4. The van der Waals surface area contributed by atoms with E-state index in [1.807, 2.05) is 0 Å². The molecule has 0 bridgehead atoms. The van der Waals surface area contributed by atoms with Gasteiger partial charge < -0.3 is 5.11 Å². The summed E-state index contributed by atoms with van der Waals surface area (Å²) < 4.78 is 27.4. The zero-order chi connectivity index (χ0) is 13.8. The second-order valence-electron chi connectivity index (χ2n) is 4.31. The van der Waals surface area contributed by atoms with Crippen LogP contribution in [0.5, 0.6) is 0 Å².